The lowest BCUT2D eigenvalue weighted by Crippen LogP contribution is -1.86. The predicted octanol–water partition coefficient (Wildman–Crippen LogP) is 0.483. The molecule has 38 valence electrons. The van der Waals surface area contributed by atoms with Crippen LogP contribution in [0.15, 0.2) is 10.7 Å². The van der Waals surface area contributed by atoms with Gasteiger partial charge in [0.05, 0.1) is 5.69 Å². The Balaban J connectivity index is 3.04. The molecule has 0 radical (unpaired) electrons. The fourth-order valence-electron chi connectivity index (χ4n) is 0.372. The summed E-state index contributed by atoms with van der Waals surface area (Å²) in [7, 11) is 2.37. The lowest BCUT2D eigenvalue weighted by Gasteiger charge is -1.68. The molecular formula is C4H6NOP. The second kappa shape index (κ2) is 1.63. The third-order valence-electron chi connectivity index (χ3n) is 0.637. The quantitative estimate of drug-likeness (QED) is 0.460. The molecule has 0 fully saturated rings. The van der Waals surface area contributed by atoms with E-state index in [1.54, 1.807) is 6.26 Å². The van der Waals surface area contributed by atoms with E-state index in [4.69, 9.17) is 4.42 Å². The molecule has 1 atom stereocenters. The van der Waals surface area contributed by atoms with Crippen molar-refractivity contribution in [3.05, 3.63) is 12.0 Å². The van der Waals surface area contributed by atoms with Gasteiger partial charge in [-0.15, -0.1) is 0 Å². The zero-order valence-electron chi connectivity index (χ0n) is 4.01. The lowest BCUT2D eigenvalue weighted by molar-refractivity contribution is 0.597. The van der Waals surface area contributed by atoms with Gasteiger partial charge in [-0.2, -0.15) is 0 Å². The minimum absolute atomic E-state index is 0.650. The van der Waals surface area contributed by atoms with Gasteiger partial charge in [-0.1, -0.05) is 0 Å². The fraction of sp³-hybridized carbons (Fsp3) is 0.250. The molecule has 0 aliphatic heterocycles. The Morgan fingerprint density at radius 1 is 1.86 bits per heavy atom. The summed E-state index contributed by atoms with van der Waals surface area (Å²) in [6.07, 6.45) is 1.61. The number of hydrogen-bond acceptors (Lipinski definition) is 2. The van der Waals surface area contributed by atoms with Gasteiger partial charge < -0.3 is 4.42 Å². The van der Waals surface area contributed by atoms with Crippen LogP contribution in [0.25, 0.3) is 0 Å². The molecule has 1 aromatic heterocycles. The van der Waals surface area contributed by atoms with Crippen LogP contribution in [-0.2, 0) is 0 Å². The fourth-order valence-corrected chi connectivity index (χ4v) is 0.644. The molecule has 2 nitrogen and oxygen atoms in total. The van der Waals surface area contributed by atoms with Crippen LogP contribution < -0.4 is 5.63 Å². The molecule has 0 bridgehead atoms. The van der Waals surface area contributed by atoms with E-state index in [-0.39, 0.29) is 0 Å². The Hall–Kier alpha value is -0.360. The van der Waals surface area contributed by atoms with Gasteiger partial charge in [0.1, 0.15) is 6.26 Å². The molecule has 0 aliphatic carbocycles. The zero-order chi connectivity index (χ0) is 5.28. The minimum Gasteiger partial charge on any atom is -0.445 e. The van der Waals surface area contributed by atoms with E-state index in [0.717, 1.165) is 5.69 Å². The van der Waals surface area contributed by atoms with Crippen molar-refractivity contribution in [1.82, 2.24) is 4.98 Å². The largest absolute Gasteiger partial charge is 0.445 e. The van der Waals surface area contributed by atoms with Crippen LogP contribution >= 0.6 is 9.24 Å². The van der Waals surface area contributed by atoms with Crippen molar-refractivity contribution in [2.24, 2.45) is 0 Å². The maximum atomic E-state index is 4.82. The van der Waals surface area contributed by atoms with Crippen molar-refractivity contribution in [3.8, 4) is 0 Å². The van der Waals surface area contributed by atoms with Gasteiger partial charge in [-0.25, -0.2) is 4.98 Å². The number of aryl methyl sites for hydroxylation is 1. The van der Waals surface area contributed by atoms with Crippen LogP contribution in [0.1, 0.15) is 5.69 Å². The summed E-state index contributed by atoms with van der Waals surface area (Å²) < 4.78 is 4.82. The predicted molar refractivity (Wildman–Crippen MR) is 30.6 cm³/mol. The third-order valence-corrected chi connectivity index (χ3v) is 0.902. The van der Waals surface area contributed by atoms with Crippen molar-refractivity contribution in [3.63, 3.8) is 0 Å². The molecule has 0 N–H and O–H groups in total. The van der Waals surface area contributed by atoms with E-state index in [2.05, 4.69) is 14.2 Å². The maximum absolute atomic E-state index is 4.82. The van der Waals surface area contributed by atoms with Crippen LogP contribution in [0, 0.1) is 6.92 Å². The Kier molecular flexibility index (Phi) is 1.11. The van der Waals surface area contributed by atoms with Gasteiger partial charge >= 0.3 is 0 Å². The first-order chi connectivity index (χ1) is 3.29. The molecule has 0 amide bonds. The molecule has 0 saturated heterocycles. The van der Waals surface area contributed by atoms with E-state index in [9.17, 15) is 0 Å². The van der Waals surface area contributed by atoms with Crippen molar-refractivity contribution in [2.75, 3.05) is 0 Å². The van der Waals surface area contributed by atoms with Crippen molar-refractivity contribution < 1.29 is 4.42 Å². The highest BCUT2D eigenvalue weighted by molar-refractivity contribution is 7.26. The Bertz CT molecular complexity index is 144. The third kappa shape index (κ3) is 1.00. The Morgan fingerprint density at radius 2 is 2.57 bits per heavy atom. The molecule has 3 heteroatoms. The van der Waals surface area contributed by atoms with Crippen LogP contribution in [0.3, 0.4) is 0 Å². The van der Waals surface area contributed by atoms with E-state index in [1.807, 2.05) is 6.92 Å². The van der Waals surface area contributed by atoms with Gasteiger partial charge in [0.15, 0.2) is 0 Å². The lowest BCUT2D eigenvalue weighted by atomic mass is 10.6. The number of rotatable bonds is 0. The van der Waals surface area contributed by atoms with Crippen LogP contribution in [-0.4, -0.2) is 4.98 Å². The summed E-state index contributed by atoms with van der Waals surface area (Å²) in [4.78, 5) is 3.91. The smallest absolute Gasteiger partial charge is 0.209 e. The summed E-state index contributed by atoms with van der Waals surface area (Å²) in [6, 6.07) is 0. The van der Waals surface area contributed by atoms with Crippen molar-refractivity contribution in [2.45, 2.75) is 6.92 Å². The highest BCUT2D eigenvalue weighted by Gasteiger charge is 1.87. The molecule has 0 aliphatic rings. The number of aromatic nitrogens is 1. The maximum Gasteiger partial charge on any atom is 0.209 e. The normalized spacial score (nSPS) is 9.43. The first-order valence-corrected chi connectivity index (χ1v) is 2.54. The zero-order valence-corrected chi connectivity index (χ0v) is 5.16. The SMILES string of the molecule is Cc1coc(P)n1. The molecule has 0 saturated carbocycles. The Morgan fingerprint density at radius 3 is 2.71 bits per heavy atom. The highest BCUT2D eigenvalue weighted by Crippen LogP contribution is 1.90. The van der Waals surface area contributed by atoms with Gasteiger partial charge in [0.2, 0.25) is 5.63 Å². The molecule has 1 rings (SSSR count). The molecule has 0 aromatic carbocycles. The average molecular weight is 115 g/mol. The minimum atomic E-state index is 0.650. The van der Waals surface area contributed by atoms with E-state index in [1.165, 1.54) is 0 Å². The van der Waals surface area contributed by atoms with Gasteiger partial charge in [-0.3, -0.25) is 0 Å². The second-order valence-electron chi connectivity index (χ2n) is 1.33. The van der Waals surface area contributed by atoms with Crippen LogP contribution in [0.5, 0.6) is 0 Å². The molecule has 1 unspecified atom stereocenters. The number of hydrogen-bond donors (Lipinski definition) is 0. The highest BCUT2D eigenvalue weighted by atomic mass is 31.0. The molecule has 1 aromatic rings. The summed E-state index contributed by atoms with van der Waals surface area (Å²) in [5, 5.41) is 0. The van der Waals surface area contributed by atoms with Crippen LogP contribution in [0.4, 0.5) is 0 Å². The first kappa shape index (κ1) is 4.79. The van der Waals surface area contributed by atoms with E-state index >= 15 is 0 Å². The van der Waals surface area contributed by atoms with E-state index in [0.29, 0.717) is 5.63 Å². The van der Waals surface area contributed by atoms with E-state index < -0.39 is 0 Å². The van der Waals surface area contributed by atoms with Gasteiger partial charge in [0.25, 0.3) is 0 Å². The number of oxazole rings is 1. The van der Waals surface area contributed by atoms with Crippen LogP contribution in [0.2, 0.25) is 0 Å². The monoisotopic (exact) mass is 115 g/mol. The topological polar surface area (TPSA) is 26.0 Å². The molecule has 0 spiro atoms. The first-order valence-electron chi connectivity index (χ1n) is 1.96. The summed E-state index contributed by atoms with van der Waals surface area (Å²) in [6.45, 7) is 1.89. The Labute approximate surface area is 44.1 Å². The second-order valence-corrected chi connectivity index (χ2v) is 1.82. The van der Waals surface area contributed by atoms with Crippen molar-refractivity contribution in [1.29, 1.82) is 0 Å². The standard InChI is InChI=1S/C4H6NOP/c1-3-2-6-4(7)5-3/h2H,7H2,1H3. The molecular weight excluding hydrogens is 109 g/mol. The summed E-state index contributed by atoms with van der Waals surface area (Å²) in [5.41, 5.74) is 1.57. The molecule has 7 heavy (non-hydrogen) atoms. The summed E-state index contributed by atoms with van der Waals surface area (Å²) in [5.74, 6) is 0. The summed E-state index contributed by atoms with van der Waals surface area (Å²) >= 11 is 0. The van der Waals surface area contributed by atoms with Gasteiger partial charge in [-0.05, 0) is 16.2 Å². The average Bonchev–Trinajstić information content (AvgIpc) is 1.87. The number of nitrogens with zero attached hydrogens (tertiary/aromatic N) is 1. The van der Waals surface area contributed by atoms with Gasteiger partial charge in [0, 0.05) is 0 Å². The van der Waals surface area contributed by atoms with Crippen molar-refractivity contribution >= 4 is 14.9 Å². The molecule has 1 heterocycles.